The minimum Gasteiger partial charge on any atom is -0.374 e. The van der Waals surface area contributed by atoms with Gasteiger partial charge in [-0.2, -0.15) is 0 Å². The maximum Gasteiger partial charge on any atom is 0.254 e. The molecule has 2 aliphatic rings. The topological polar surface area (TPSA) is 29.5 Å². The number of fused-ring (bicyclic) bond motifs is 1. The molecule has 1 saturated heterocycles. The average Bonchev–Trinajstić information content (AvgIpc) is 2.47. The lowest BCUT2D eigenvalue weighted by molar-refractivity contribution is -0.0752. The number of nitrogens with zero attached hydrogens (tertiary/aromatic N) is 1. The van der Waals surface area contributed by atoms with E-state index in [2.05, 4.69) is 22.6 Å². The third-order valence-electron chi connectivity index (χ3n) is 4.08. The number of amides is 1. The van der Waals surface area contributed by atoms with Crippen LogP contribution in [-0.4, -0.2) is 36.1 Å². The SMILES string of the molecule is O=C(c1ccc(I)cc1)N1CCOC2CCCCC21. The number of carbonyl (C=O) groups excluding carboxylic acids is 1. The molecule has 1 aromatic carbocycles. The van der Waals surface area contributed by atoms with Crippen LogP contribution in [0.3, 0.4) is 0 Å². The van der Waals surface area contributed by atoms with Gasteiger partial charge in [0.15, 0.2) is 0 Å². The highest BCUT2D eigenvalue weighted by molar-refractivity contribution is 14.1. The van der Waals surface area contributed by atoms with Crippen LogP contribution >= 0.6 is 22.6 Å². The molecule has 1 heterocycles. The first-order chi connectivity index (χ1) is 9.25. The van der Waals surface area contributed by atoms with E-state index in [1.807, 2.05) is 29.2 Å². The molecule has 1 aliphatic carbocycles. The lowest BCUT2D eigenvalue weighted by atomic mass is 9.89. The quantitative estimate of drug-likeness (QED) is 0.711. The maximum atomic E-state index is 12.6. The Morgan fingerprint density at radius 1 is 1.21 bits per heavy atom. The van der Waals surface area contributed by atoms with Crippen LogP contribution in [0.25, 0.3) is 0 Å². The maximum absolute atomic E-state index is 12.6. The Balaban J connectivity index is 1.79. The Morgan fingerprint density at radius 3 is 2.74 bits per heavy atom. The summed E-state index contributed by atoms with van der Waals surface area (Å²) in [6.45, 7) is 1.41. The first-order valence-corrected chi connectivity index (χ1v) is 8.02. The molecule has 1 saturated carbocycles. The third kappa shape index (κ3) is 2.79. The molecule has 4 heteroatoms. The number of rotatable bonds is 1. The number of morpholine rings is 1. The molecule has 1 amide bonds. The van der Waals surface area contributed by atoms with Crippen molar-refractivity contribution >= 4 is 28.5 Å². The number of halogens is 1. The lowest BCUT2D eigenvalue weighted by Crippen LogP contribution is -2.54. The van der Waals surface area contributed by atoms with Gasteiger partial charge in [0.05, 0.1) is 18.8 Å². The van der Waals surface area contributed by atoms with E-state index in [0.29, 0.717) is 6.61 Å². The molecule has 0 aromatic heterocycles. The molecule has 0 N–H and O–H groups in total. The highest BCUT2D eigenvalue weighted by Gasteiger charge is 2.36. The largest absolute Gasteiger partial charge is 0.374 e. The Labute approximate surface area is 127 Å². The third-order valence-corrected chi connectivity index (χ3v) is 4.80. The molecule has 1 aliphatic heterocycles. The minimum absolute atomic E-state index is 0.164. The summed E-state index contributed by atoms with van der Waals surface area (Å²) in [6.07, 6.45) is 4.88. The van der Waals surface area contributed by atoms with E-state index in [0.717, 1.165) is 28.5 Å². The van der Waals surface area contributed by atoms with Gasteiger partial charge in [-0.1, -0.05) is 12.8 Å². The Bertz CT molecular complexity index is 458. The summed E-state index contributed by atoms with van der Waals surface area (Å²) in [5.41, 5.74) is 0.798. The van der Waals surface area contributed by atoms with Crippen LogP contribution < -0.4 is 0 Å². The molecule has 102 valence electrons. The molecule has 2 unspecified atom stereocenters. The van der Waals surface area contributed by atoms with Crippen molar-refractivity contribution in [3.05, 3.63) is 33.4 Å². The van der Waals surface area contributed by atoms with E-state index in [1.54, 1.807) is 0 Å². The van der Waals surface area contributed by atoms with Crippen molar-refractivity contribution in [3.63, 3.8) is 0 Å². The molecule has 0 spiro atoms. The van der Waals surface area contributed by atoms with E-state index >= 15 is 0 Å². The number of ether oxygens (including phenoxy) is 1. The zero-order valence-corrected chi connectivity index (χ0v) is 13.0. The van der Waals surface area contributed by atoms with Crippen LogP contribution in [-0.2, 0) is 4.74 Å². The normalized spacial score (nSPS) is 26.9. The fraction of sp³-hybridized carbons (Fsp3) is 0.533. The van der Waals surface area contributed by atoms with Gasteiger partial charge < -0.3 is 9.64 Å². The number of benzene rings is 1. The molecule has 19 heavy (non-hydrogen) atoms. The molecular formula is C15H18INO2. The van der Waals surface area contributed by atoms with E-state index < -0.39 is 0 Å². The van der Waals surface area contributed by atoms with Gasteiger partial charge in [-0.3, -0.25) is 4.79 Å². The predicted octanol–water partition coefficient (Wildman–Crippen LogP) is 3.07. The summed E-state index contributed by atoms with van der Waals surface area (Å²) >= 11 is 2.26. The highest BCUT2D eigenvalue weighted by Crippen LogP contribution is 2.29. The summed E-state index contributed by atoms with van der Waals surface area (Å²) in [5, 5.41) is 0. The summed E-state index contributed by atoms with van der Waals surface area (Å²) < 4.78 is 6.98. The fourth-order valence-corrected chi connectivity index (χ4v) is 3.47. The van der Waals surface area contributed by atoms with Gasteiger partial charge in [-0.25, -0.2) is 0 Å². The van der Waals surface area contributed by atoms with Crippen LogP contribution in [0, 0.1) is 3.57 Å². The molecule has 2 atom stereocenters. The number of hydrogen-bond acceptors (Lipinski definition) is 2. The van der Waals surface area contributed by atoms with Crippen molar-refractivity contribution in [3.8, 4) is 0 Å². The number of hydrogen-bond donors (Lipinski definition) is 0. The zero-order chi connectivity index (χ0) is 13.2. The monoisotopic (exact) mass is 371 g/mol. The van der Waals surface area contributed by atoms with E-state index in [9.17, 15) is 4.79 Å². The first kappa shape index (κ1) is 13.4. The average molecular weight is 371 g/mol. The Kier molecular flexibility index (Phi) is 4.07. The Hall–Kier alpha value is -0.620. The second-order valence-electron chi connectivity index (χ2n) is 5.27. The molecule has 0 radical (unpaired) electrons. The molecule has 1 aromatic rings. The minimum atomic E-state index is 0.164. The number of carbonyl (C=O) groups is 1. The van der Waals surface area contributed by atoms with Gasteiger partial charge in [0.2, 0.25) is 0 Å². The van der Waals surface area contributed by atoms with Gasteiger partial charge in [-0.15, -0.1) is 0 Å². The molecule has 3 nitrogen and oxygen atoms in total. The van der Waals surface area contributed by atoms with Crippen molar-refractivity contribution in [2.75, 3.05) is 13.2 Å². The first-order valence-electron chi connectivity index (χ1n) is 6.94. The van der Waals surface area contributed by atoms with Crippen molar-refractivity contribution in [2.24, 2.45) is 0 Å². The summed E-state index contributed by atoms with van der Waals surface area (Å²) in [6, 6.07) is 8.13. The standard InChI is InChI=1S/C15H18INO2/c16-12-7-5-11(6-8-12)15(18)17-9-10-19-14-4-2-1-3-13(14)17/h5-8,13-14H,1-4,9-10H2. The highest BCUT2D eigenvalue weighted by atomic mass is 127. The van der Waals surface area contributed by atoms with Gasteiger partial charge in [0, 0.05) is 15.7 Å². The smallest absolute Gasteiger partial charge is 0.254 e. The van der Waals surface area contributed by atoms with E-state index in [-0.39, 0.29) is 18.1 Å². The fourth-order valence-electron chi connectivity index (χ4n) is 3.11. The van der Waals surface area contributed by atoms with Crippen LogP contribution in [0.15, 0.2) is 24.3 Å². The predicted molar refractivity (Wildman–Crippen MR) is 82.2 cm³/mol. The van der Waals surface area contributed by atoms with Crippen LogP contribution in [0.1, 0.15) is 36.0 Å². The summed E-state index contributed by atoms with van der Waals surface area (Å²) in [5.74, 6) is 0.164. The van der Waals surface area contributed by atoms with Crippen molar-refractivity contribution in [1.82, 2.24) is 4.90 Å². The molecule has 0 bridgehead atoms. The second-order valence-corrected chi connectivity index (χ2v) is 6.51. The molecular weight excluding hydrogens is 353 g/mol. The van der Waals surface area contributed by atoms with E-state index in [4.69, 9.17) is 4.74 Å². The van der Waals surface area contributed by atoms with Crippen molar-refractivity contribution < 1.29 is 9.53 Å². The van der Waals surface area contributed by atoms with Crippen molar-refractivity contribution in [1.29, 1.82) is 0 Å². The second kappa shape index (κ2) is 5.79. The van der Waals surface area contributed by atoms with Gasteiger partial charge in [0.1, 0.15) is 0 Å². The van der Waals surface area contributed by atoms with Crippen molar-refractivity contribution in [2.45, 2.75) is 37.8 Å². The van der Waals surface area contributed by atoms with Crippen LogP contribution in [0.4, 0.5) is 0 Å². The van der Waals surface area contributed by atoms with E-state index in [1.165, 1.54) is 12.8 Å². The summed E-state index contributed by atoms with van der Waals surface area (Å²) in [7, 11) is 0. The van der Waals surface area contributed by atoms with Gasteiger partial charge >= 0.3 is 0 Å². The van der Waals surface area contributed by atoms with Crippen LogP contribution in [0.5, 0.6) is 0 Å². The van der Waals surface area contributed by atoms with Gasteiger partial charge in [0.25, 0.3) is 5.91 Å². The van der Waals surface area contributed by atoms with Gasteiger partial charge in [-0.05, 0) is 59.7 Å². The summed E-state index contributed by atoms with van der Waals surface area (Å²) in [4.78, 5) is 14.7. The lowest BCUT2D eigenvalue weighted by Gasteiger charge is -2.43. The molecule has 2 fully saturated rings. The zero-order valence-electron chi connectivity index (χ0n) is 10.8. The Morgan fingerprint density at radius 2 is 1.95 bits per heavy atom. The molecule has 3 rings (SSSR count). The van der Waals surface area contributed by atoms with Crippen LogP contribution in [0.2, 0.25) is 0 Å².